The van der Waals surface area contributed by atoms with Crippen molar-refractivity contribution in [1.82, 2.24) is 15.1 Å². The standard InChI is InChI=1S/C20H28FN3O3/c1-16(25)24-10-7-20(8-11-24)15-23(12-13-27-20)14-19(26)22-9-6-17-2-4-18(21)5-3-17/h2-5H,6-15H2,1H3,(H,22,26). The van der Waals surface area contributed by atoms with Gasteiger partial charge in [-0.2, -0.15) is 0 Å². The molecule has 0 radical (unpaired) electrons. The highest BCUT2D eigenvalue weighted by Crippen LogP contribution is 2.30. The molecule has 1 aromatic rings. The molecule has 0 aliphatic carbocycles. The number of piperidine rings is 1. The number of amides is 2. The summed E-state index contributed by atoms with van der Waals surface area (Å²) in [5.41, 5.74) is 0.762. The second-order valence-corrected chi connectivity index (χ2v) is 7.47. The minimum absolute atomic E-state index is 0.00432. The van der Waals surface area contributed by atoms with E-state index in [1.807, 2.05) is 4.90 Å². The van der Waals surface area contributed by atoms with E-state index in [-0.39, 0.29) is 23.2 Å². The second-order valence-electron chi connectivity index (χ2n) is 7.47. The van der Waals surface area contributed by atoms with E-state index in [2.05, 4.69) is 10.2 Å². The van der Waals surface area contributed by atoms with Crippen LogP contribution in [0.25, 0.3) is 0 Å². The van der Waals surface area contributed by atoms with Crippen LogP contribution in [0.3, 0.4) is 0 Å². The lowest BCUT2D eigenvalue weighted by atomic mass is 9.89. The molecule has 2 fully saturated rings. The number of morpholine rings is 1. The fourth-order valence-electron chi connectivity index (χ4n) is 3.85. The first-order valence-electron chi connectivity index (χ1n) is 9.59. The molecule has 2 saturated heterocycles. The lowest BCUT2D eigenvalue weighted by Crippen LogP contribution is -2.58. The summed E-state index contributed by atoms with van der Waals surface area (Å²) >= 11 is 0. The van der Waals surface area contributed by atoms with Crippen molar-refractivity contribution in [2.75, 3.05) is 45.9 Å². The molecule has 0 aromatic heterocycles. The zero-order valence-electron chi connectivity index (χ0n) is 15.9. The van der Waals surface area contributed by atoms with E-state index in [9.17, 15) is 14.0 Å². The van der Waals surface area contributed by atoms with Gasteiger partial charge in [-0.3, -0.25) is 14.5 Å². The lowest BCUT2D eigenvalue weighted by Gasteiger charge is -2.47. The van der Waals surface area contributed by atoms with E-state index < -0.39 is 0 Å². The highest BCUT2D eigenvalue weighted by atomic mass is 19.1. The molecule has 1 aromatic carbocycles. The number of hydrogen-bond acceptors (Lipinski definition) is 4. The maximum absolute atomic E-state index is 12.9. The van der Waals surface area contributed by atoms with Gasteiger partial charge in [-0.15, -0.1) is 0 Å². The summed E-state index contributed by atoms with van der Waals surface area (Å²) in [4.78, 5) is 27.8. The Morgan fingerprint density at radius 2 is 1.89 bits per heavy atom. The molecule has 2 aliphatic rings. The third-order valence-electron chi connectivity index (χ3n) is 5.46. The minimum Gasteiger partial charge on any atom is -0.372 e. The van der Waals surface area contributed by atoms with Gasteiger partial charge in [-0.1, -0.05) is 12.1 Å². The number of rotatable bonds is 5. The Bertz CT molecular complexity index is 657. The molecule has 6 nitrogen and oxygen atoms in total. The molecule has 0 bridgehead atoms. The maximum atomic E-state index is 12.9. The Morgan fingerprint density at radius 1 is 1.19 bits per heavy atom. The van der Waals surface area contributed by atoms with Crippen molar-refractivity contribution in [3.05, 3.63) is 35.6 Å². The monoisotopic (exact) mass is 377 g/mol. The van der Waals surface area contributed by atoms with Crippen LogP contribution in [0.1, 0.15) is 25.3 Å². The zero-order chi connectivity index (χ0) is 19.3. The highest BCUT2D eigenvalue weighted by molar-refractivity contribution is 5.78. The van der Waals surface area contributed by atoms with Gasteiger partial charge in [-0.05, 0) is 37.0 Å². The van der Waals surface area contributed by atoms with Crippen LogP contribution in [0.2, 0.25) is 0 Å². The van der Waals surface area contributed by atoms with Gasteiger partial charge < -0.3 is 15.0 Å². The number of ether oxygens (including phenoxy) is 1. The normalized spacial score (nSPS) is 19.9. The van der Waals surface area contributed by atoms with E-state index in [1.165, 1.54) is 12.1 Å². The van der Waals surface area contributed by atoms with Gasteiger partial charge in [0.25, 0.3) is 0 Å². The Kier molecular flexibility index (Phi) is 6.44. The Labute approximate surface area is 159 Å². The van der Waals surface area contributed by atoms with Crippen molar-refractivity contribution in [3.8, 4) is 0 Å². The highest BCUT2D eigenvalue weighted by Gasteiger charge is 2.40. The summed E-state index contributed by atoms with van der Waals surface area (Å²) in [7, 11) is 0. The quantitative estimate of drug-likeness (QED) is 0.838. The molecule has 2 heterocycles. The maximum Gasteiger partial charge on any atom is 0.234 e. The van der Waals surface area contributed by atoms with Gasteiger partial charge in [0, 0.05) is 39.6 Å². The number of carbonyl (C=O) groups excluding carboxylic acids is 2. The molecule has 0 atom stereocenters. The van der Waals surface area contributed by atoms with Crippen molar-refractivity contribution < 1.29 is 18.7 Å². The first-order valence-corrected chi connectivity index (χ1v) is 9.59. The van der Waals surface area contributed by atoms with E-state index in [4.69, 9.17) is 4.74 Å². The number of carbonyl (C=O) groups is 2. The van der Waals surface area contributed by atoms with Crippen LogP contribution in [0.5, 0.6) is 0 Å². The van der Waals surface area contributed by atoms with Crippen molar-refractivity contribution >= 4 is 11.8 Å². The van der Waals surface area contributed by atoms with Crippen molar-refractivity contribution in [2.45, 2.75) is 31.8 Å². The van der Waals surface area contributed by atoms with Crippen LogP contribution in [0.15, 0.2) is 24.3 Å². The molecular weight excluding hydrogens is 349 g/mol. The average molecular weight is 377 g/mol. The van der Waals surface area contributed by atoms with Gasteiger partial charge in [0.15, 0.2) is 0 Å². The predicted molar refractivity (Wildman–Crippen MR) is 99.7 cm³/mol. The third kappa shape index (κ3) is 5.49. The smallest absolute Gasteiger partial charge is 0.234 e. The largest absolute Gasteiger partial charge is 0.372 e. The van der Waals surface area contributed by atoms with Crippen molar-refractivity contribution in [3.63, 3.8) is 0 Å². The molecule has 0 saturated carbocycles. The Morgan fingerprint density at radius 3 is 2.56 bits per heavy atom. The molecule has 1 N–H and O–H groups in total. The molecular formula is C20H28FN3O3. The van der Waals surface area contributed by atoms with Gasteiger partial charge in [0.05, 0.1) is 18.8 Å². The Hall–Kier alpha value is -1.99. The van der Waals surface area contributed by atoms with Gasteiger partial charge in [0.1, 0.15) is 5.82 Å². The number of nitrogens with zero attached hydrogens (tertiary/aromatic N) is 2. The summed E-state index contributed by atoms with van der Waals surface area (Å²) in [5, 5.41) is 2.94. The Balaban J connectivity index is 1.41. The average Bonchev–Trinajstić information content (AvgIpc) is 2.64. The van der Waals surface area contributed by atoms with Crippen LogP contribution in [-0.2, 0) is 20.7 Å². The summed E-state index contributed by atoms with van der Waals surface area (Å²) in [6.45, 7) is 6.00. The number of nitrogens with one attached hydrogen (secondary N) is 1. The van der Waals surface area contributed by atoms with Crippen molar-refractivity contribution in [2.24, 2.45) is 0 Å². The summed E-state index contributed by atoms with van der Waals surface area (Å²) in [6.07, 6.45) is 2.31. The van der Waals surface area contributed by atoms with Crippen LogP contribution < -0.4 is 5.32 Å². The van der Waals surface area contributed by atoms with Crippen LogP contribution in [0, 0.1) is 5.82 Å². The number of benzene rings is 1. The zero-order valence-corrected chi connectivity index (χ0v) is 15.9. The minimum atomic E-state index is -0.252. The van der Waals surface area contributed by atoms with Crippen LogP contribution in [-0.4, -0.2) is 73.1 Å². The predicted octanol–water partition coefficient (Wildman–Crippen LogP) is 1.20. The number of hydrogen-bond donors (Lipinski definition) is 1. The van der Waals surface area contributed by atoms with E-state index in [0.717, 1.165) is 31.5 Å². The molecule has 3 rings (SSSR count). The van der Waals surface area contributed by atoms with Crippen molar-refractivity contribution in [1.29, 1.82) is 0 Å². The van der Waals surface area contributed by atoms with E-state index in [1.54, 1.807) is 19.1 Å². The summed E-state index contributed by atoms with van der Waals surface area (Å²) in [6, 6.07) is 6.34. The summed E-state index contributed by atoms with van der Waals surface area (Å²) < 4.78 is 19.0. The number of halogens is 1. The molecule has 27 heavy (non-hydrogen) atoms. The topological polar surface area (TPSA) is 61.9 Å². The first kappa shape index (κ1) is 19.8. The van der Waals surface area contributed by atoms with Gasteiger partial charge in [-0.25, -0.2) is 4.39 Å². The van der Waals surface area contributed by atoms with E-state index in [0.29, 0.717) is 39.2 Å². The molecule has 2 aliphatic heterocycles. The molecule has 7 heteroatoms. The molecule has 2 amide bonds. The first-order chi connectivity index (χ1) is 13.0. The second kappa shape index (κ2) is 8.80. The molecule has 1 spiro atoms. The fourth-order valence-corrected chi connectivity index (χ4v) is 3.85. The molecule has 0 unspecified atom stereocenters. The van der Waals surface area contributed by atoms with Crippen LogP contribution >= 0.6 is 0 Å². The van der Waals surface area contributed by atoms with Gasteiger partial charge in [0.2, 0.25) is 11.8 Å². The van der Waals surface area contributed by atoms with E-state index >= 15 is 0 Å². The number of likely N-dealkylation sites (tertiary alicyclic amines) is 1. The third-order valence-corrected chi connectivity index (χ3v) is 5.46. The lowest BCUT2D eigenvalue weighted by molar-refractivity contribution is -0.151. The van der Waals surface area contributed by atoms with Crippen LogP contribution in [0.4, 0.5) is 4.39 Å². The SMILES string of the molecule is CC(=O)N1CCC2(CC1)CN(CC(=O)NCCc1ccc(F)cc1)CCO2. The van der Waals surface area contributed by atoms with Gasteiger partial charge >= 0.3 is 0 Å². The fraction of sp³-hybridized carbons (Fsp3) is 0.600. The summed E-state index contributed by atoms with van der Waals surface area (Å²) in [5.74, 6) is -0.147. The molecule has 148 valence electrons.